The average molecular weight is 364 g/mol. The van der Waals surface area contributed by atoms with Crippen LogP contribution in [-0.2, 0) is 4.74 Å². The van der Waals surface area contributed by atoms with Crippen molar-refractivity contribution in [1.29, 1.82) is 0 Å². The summed E-state index contributed by atoms with van der Waals surface area (Å²) in [6, 6.07) is 5.21. The van der Waals surface area contributed by atoms with Crippen molar-refractivity contribution in [2.24, 2.45) is 0 Å². The second-order valence-corrected chi connectivity index (χ2v) is 4.96. The first kappa shape index (κ1) is 15.2. The van der Waals surface area contributed by atoms with Crippen LogP contribution >= 0.6 is 22.6 Å². The van der Waals surface area contributed by atoms with Crippen molar-refractivity contribution in [1.82, 2.24) is 4.90 Å². The molecule has 5 nitrogen and oxygen atoms in total. The van der Waals surface area contributed by atoms with E-state index in [-0.39, 0.29) is 12.5 Å². The largest absolute Gasteiger partial charge is 0.398 e. The molecule has 0 heterocycles. The van der Waals surface area contributed by atoms with Gasteiger partial charge in [-0.3, -0.25) is 4.79 Å². The van der Waals surface area contributed by atoms with Gasteiger partial charge in [0.05, 0.1) is 19.8 Å². The van der Waals surface area contributed by atoms with E-state index < -0.39 is 0 Å². The molecule has 100 valence electrons. The lowest BCUT2D eigenvalue weighted by molar-refractivity contribution is 0.0618. The van der Waals surface area contributed by atoms with Crippen LogP contribution in [0, 0.1) is 3.57 Å². The number of amides is 1. The summed E-state index contributed by atoms with van der Waals surface area (Å²) in [4.78, 5) is 13.6. The van der Waals surface area contributed by atoms with Gasteiger partial charge in [0.25, 0.3) is 5.91 Å². The van der Waals surface area contributed by atoms with Gasteiger partial charge in [-0.1, -0.05) is 0 Å². The third-order valence-corrected chi connectivity index (χ3v) is 3.33. The van der Waals surface area contributed by atoms with Gasteiger partial charge >= 0.3 is 0 Å². The first-order chi connectivity index (χ1) is 8.56. The number of carbonyl (C=O) groups excluding carboxylic acids is 1. The Morgan fingerprint density at radius 3 is 2.83 bits per heavy atom. The topological polar surface area (TPSA) is 75.8 Å². The number of nitrogen functional groups attached to an aromatic ring is 1. The Morgan fingerprint density at radius 1 is 1.50 bits per heavy atom. The summed E-state index contributed by atoms with van der Waals surface area (Å²) in [6.07, 6.45) is 0. The van der Waals surface area contributed by atoms with Crippen molar-refractivity contribution >= 4 is 34.2 Å². The zero-order valence-corrected chi connectivity index (χ0v) is 12.4. The summed E-state index contributed by atoms with van der Waals surface area (Å²) in [5.41, 5.74) is 6.98. The number of ether oxygens (including phenoxy) is 1. The predicted octanol–water partition coefficient (Wildman–Crippen LogP) is 0.954. The number of halogens is 1. The Morgan fingerprint density at radius 2 is 2.22 bits per heavy atom. The Labute approximate surface area is 120 Å². The van der Waals surface area contributed by atoms with Gasteiger partial charge in [0, 0.05) is 28.4 Å². The standard InChI is InChI=1S/C12H17IN2O3/c1-15(4-6-18-7-5-16)12(17)9-2-3-11(14)10(13)8-9/h2-3,8,16H,4-7,14H2,1H3. The maximum Gasteiger partial charge on any atom is 0.253 e. The van der Waals surface area contributed by atoms with Gasteiger partial charge in [0.2, 0.25) is 0 Å². The van der Waals surface area contributed by atoms with Gasteiger partial charge in [-0.15, -0.1) is 0 Å². The fourth-order valence-corrected chi connectivity index (χ4v) is 1.87. The molecule has 6 heteroatoms. The maximum atomic E-state index is 12.0. The predicted molar refractivity (Wildman–Crippen MR) is 78.4 cm³/mol. The Bertz CT molecular complexity index is 412. The molecule has 0 aromatic heterocycles. The molecule has 0 saturated carbocycles. The van der Waals surface area contributed by atoms with Crippen LogP contribution in [0.15, 0.2) is 18.2 Å². The maximum absolute atomic E-state index is 12.0. The van der Waals surface area contributed by atoms with Crippen molar-refractivity contribution in [2.45, 2.75) is 0 Å². The summed E-state index contributed by atoms with van der Waals surface area (Å²) in [7, 11) is 1.72. The molecule has 3 N–H and O–H groups in total. The van der Waals surface area contributed by atoms with Crippen LogP contribution < -0.4 is 5.73 Å². The number of hydrogen-bond donors (Lipinski definition) is 2. The van der Waals surface area contributed by atoms with Crippen molar-refractivity contribution in [3.8, 4) is 0 Å². The number of nitrogens with zero attached hydrogens (tertiary/aromatic N) is 1. The van der Waals surface area contributed by atoms with E-state index in [4.69, 9.17) is 15.6 Å². The normalized spacial score (nSPS) is 10.4. The van der Waals surface area contributed by atoms with Gasteiger partial charge in [-0.25, -0.2) is 0 Å². The first-order valence-electron chi connectivity index (χ1n) is 5.55. The highest BCUT2D eigenvalue weighted by molar-refractivity contribution is 14.1. The molecule has 18 heavy (non-hydrogen) atoms. The van der Waals surface area contributed by atoms with E-state index in [9.17, 15) is 4.79 Å². The molecule has 1 rings (SSSR count). The number of rotatable bonds is 6. The number of nitrogens with two attached hydrogens (primary N) is 1. The van der Waals surface area contributed by atoms with E-state index in [2.05, 4.69) is 22.6 Å². The van der Waals surface area contributed by atoms with E-state index in [1.165, 1.54) is 0 Å². The highest BCUT2D eigenvalue weighted by Crippen LogP contribution is 2.17. The molecular weight excluding hydrogens is 347 g/mol. The molecule has 0 saturated heterocycles. The van der Waals surface area contributed by atoms with Crippen molar-refractivity contribution in [3.05, 3.63) is 27.3 Å². The Hall–Kier alpha value is -0.860. The van der Waals surface area contributed by atoms with Crippen LogP contribution in [0.5, 0.6) is 0 Å². The number of likely N-dealkylation sites (N-methyl/N-ethyl adjacent to an activating group) is 1. The third-order valence-electron chi connectivity index (χ3n) is 2.40. The molecule has 0 radical (unpaired) electrons. The van der Waals surface area contributed by atoms with E-state index in [0.29, 0.717) is 31.0 Å². The number of aliphatic hydroxyl groups excluding tert-OH is 1. The minimum Gasteiger partial charge on any atom is -0.398 e. The number of aliphatic hydroxyl groups is 1. The van der Waals surface area contributed by atoms with E-state index in [1.807, 2.05) is 0 Å². The highest BCUT2D eigenvalue weighted by atomic mass is 127. The molecular formula is C12H17IN2O3. The molecule has 0 atom stereocenters. The molecule has 0 aliphatic carbocycles. The van der Waals surface area contributed by atoms with Crippen molar-refractivity contribution in [3.63, 3.8) is 0 Å². The summed E-state index contributed by atoms with van der Waals surface area (Å²) >= 11 is 2.10. The lowest BCUT2D eigenvalue weighted by Crippen LogP contribution is -2.30. The fourth-order valence-electron chi connectivity index (χ4n) is 1.35. The Balaban J connectivity index is 2.54. The molecule has 1 amide bonds. The molecule has 0 bridgehead atoms. The van der Waals surface area contributed by atoms with Crippen LogP contribution in [0.3, 0.4) is 0 Å². The molecule has 0 aliphatic rings. The zero-order chi connectivity index (χ0) is 13.5. The smallest absolute Gasteiger partial charge is 0.253 e. The minimum atomic E-state index is -0.0690. The third kappa shape index (κ3) is 4.43. The second-order valence-electron chi connectivity index (χ2n) is 3.80. The number of carbonyl (C=O) groups is 1. The minimum absolute atomic E-state index is 0.00613. The van der Waals surface area contributed by atoms with Crippen LogP contribution in [-0.4, -0.2) is 49.3 Å². The molecule has 0 aliphatic heterocycles. The van der Waals surface area contributed by atoms with E-state index in [0.717, 1.165) is 3.57 Å². The van der Waals surface area contributed by atoms with Crippen LogP contribution in [0.1, 0.15) is 10.4 Å². The van der Waals surface area contributed by atoms with Gasteiger partial charge in [0.15, 0.2) is 0 Å². The van der Waals surface area contributed by atoms with Gasteiger partial charge in [-0.05, 0) is 40.8 Å². The average Bonchev–Trinajstić information content (AvgIpc) is 2.37. The zero-order valence-electron chi connectivity index (χ0n) is 10.2. The number of anilines is 1. The molecule has 1 aromatic carbocycles. The lowest BCUT2D eigenvalue weighted by Gasteiger charge is -2.17. The number of hydrogen-bond acceptors (Lipinski definition) is 4. The van der Waals surface area contributed by atoms with Crippen LogP contribution in [0.25, 0.3) is 0 Å². The summed E-state index contributed by atoms with van der Waals surface area (Å²) < 4.78 is 5.98. The van der Waals surface area contributed by atoms with Gasteiger partial charge < -0.3 is 20.5 Å². The van der Waals surface area contributed by atoms with E-state index in [1.54, 1.807) is 30.1 Å². The van der Waals surface area contributed by atoms with Crippen molar-refractivity contribution in [2.75, 3.05) is 39.1 Å². The monoisotopic (exact) mass is 364 g/mol. The van der Waals surface area contributed by atoms with Crippen LogP contribution in [0.2, 0.25) is 0 Å². The van der Waals surface area contributed by atoms with Gasteiger partial charge in [0.1, 0.15) is 0 Å². The summed E-state index contributed by atoms with van der Waals surface area (Å²) in [5, 5.41) is 8.56. The van der Waals surface area contributed by atoms with Gasteiger partial charge in [-0.2, -0.15) is 0 Å². The van der Waals surface area contributed by atoms with E-state index >= 15 is 0 Å². The quantitative estimate of drug-likeness (QED) is 0.448. The second kappa shape index (κ2) is 7.55. The molecule has 0 fully saturated rings. The van der Waals surface area contributed by atoms with Crippen molar-refractivity contribution < 1.29 is 14.6 Å². The Kier molecular flexibility index (Phi) is 6.37. The first-order valence-corrected chi connectivity index (χ1v) is 6.63. The lowest BCUT2D eigenvalue weighted by atomic mass is 10.2. The number of benzene rings is 1. The van der Waals surface area contributed by atoms with Crippen LogP contribution in [0.4, 0.5) is 5.69 Å². The summed E-state index contributed by atoms with van der Waals surface area (Å²) in [5.74, 6) is -0.0690. The molecule has 1 aromatic rings. The highest BCUT2D eigenvalue weighted by Gasteiger charge is 2.12. The molecule has 0 spiro atoms. The molecule has 0 unspecified atom stereocenters. The SMILES string of the molecule is CN(CCOCCO)C(=O)c1ccc(N)c(I)c1. The fraction of sp³-hybridized carbons (Fsp3) is 0.417. The summed E-state index contributed by atoms with van der Waals surface area (Å²) in [6.45, 7) is 1.18.